The number of carbonyl (C=O) groups is 1. The molecule has 2 aromatic heterocycles. The van der Waals surface area contributed by atoms with Gasteiger partial charge in [0.25, 0.3) is 0 Å². The number of amides is 1. The molecule has 0 saturated carbocycles. The summed E-state index contributed by atoms with van der Waals surface area (Å²) >= 11 is 4.75. The summed E-state index contributed by atoms with van der Waals surface area (Å²) in [5.41, 5.74) is 3.36. The maximum Gasteiger partial charge on any atom is 0.237 e. The van der Waals surface area contributed by atoms with Crippen LogP contribution >= 0.6 is 27.7 Å². The minimum absolute atomic E-state index is 0.0755. The molecule has 1 amide bonds. The largest absolute Gasteiger partial charge is 0.446 e. The molecule has 8 heteroatoms. The highest BCUT2D eigenvalue weighted by molar-refractivity contribution is 9.10. The third-order valence-electron chi connectivity index (χ3n) is 5.21. The fourth-order valence-corrected chi connectivity index (χ4v) is 4.84. The second kappa shape index (κ2) is 8.72. The molecule has 0 saturated heterocycles. The predicted molar refractivity (Wildman–Crippen MR) is 124 cm³/mol. The van der Waals surface area contributed by atoms with Crippen LogP contribution < -0.4 is 4.90 Å². The van der Waals surface area contributed by atoms with Gasteiger partial charge in [0.1, 0.15) is 0 Å². The fourth-order valence-electron chi connectivity index (χ4n) is 3.72. The quantitative estimate of drug-likeness (QED) is 0.351. The molecule has 4 aromatic rings. The van der Waals surface area contributed by atoms with Gasteiger partial charge in [0.05, 0.1) is 12.3 Å². The molecule has 0 bridgehead atoms. The first-order valence-electron chi connectivity index (χ1n) is 9.93. The number of nitrogens with zero attached hydrogens (tertiary/aromatic N) is 4. The van der Waals surface area contributed by atoms with E-state index in [1.54, 1.807) is 0 Å². The van der Waals surface area contributed by atoms with Crippen LogP contribution in [0.1, 0.15) is 11.1 Å². The van der Waals surface area contributed by atoms with Crippen LogP contribution in [-0.4, -0.2) is 33.0 Å². The van der Waals surface area contributed by atoms with Crippen molar-refractivity contribution in [2.45, 2.75) is 18.1 Å². The lowest BCUT2D eigenvalue weighted by Gasteiger charge is -2.17. The number of rotatable bonds is 6. The van der Waals surface area contributed by atoms with Gasteiger partial charge >= 0.3 is 0 Å². The summed E-state index contributed by atoms with van der Waals surface area (Å²) in [6.07, 6.45) is 0.897. The Morgan fingerprint density at radius 1 is 1.03 bits per heavy atom. The molecular formula is C23H19BrN4O2S. The number of thioether (sulfide) groups is 1. The molecule has 0 fully saturated rings. The Morgan fingerprint density at radius 3 is 2.65 bits per heavy atom. The van der Waals surface area contributed by atoms with Crippen LogP contribution in [-0.2, 0) is 17.8 Å². The molecule has 156 valence electrons. The Morgan fingerprint density at radius 2 is 1.84 bits per heavy atom. The zero-order valence-corrected chi connectivity index (χ0v) is 19.0. The van der Waals surface area contributed by atoms with E-state index in [4.69, 9.17) is 4.42 Å². The first kappa shape index (κ1) is 20.1. The Kier molecular flexibility index (Phi) is 5.65. The molecule has 3 heterocycles. The van der Waals surface area contributed by atoms with E-state index in [0.717, 1.165) is 24.2 Å². The van der Waals surface area contributed by atoms with Crippen LogP contribution in [0.25, 0.3) is 11.6 Å². The molecule has 1 aliphatic rings. The van der Waals surface area contributed by atoms with Crippen LogP contribution in [0, 0.1) is 0 Å². The maximum atomic E-state index is 13.0. The minimum atomic E-state index is 0.0755. The van der Waals surface area contributed by atoms with Gasteiger partial charge in [-0.15, -0.1) is 10.2 Å². The summed E-state index contributed by atoms with van der Waals surface area (Å²) in [5.74, 6) is 1.63. The summed E-state index contributed by atoms with van der Waals surface area (Å²) in [6.45, 7) is 1.31. The van der Waals surface area contributed by atoms with Crippen LogP contribution in [0.5, 0.6) is 0 Å². The van der Waals surface area contributed by atoms with Crippen LogP contribution in [0.3, 0.4) is 0 Å². The van der Waals surface area contributed by atoms with Gasteiger partial charge in [-0.3, -0.25) is 9.36 Å². The molecule has 0 aliphatic carbocycles. The molecule has 0 radical (unpaired) electrons. The molecule has 0 atom stereocenters. The van der Waals surface area contributed by atoms with Crippen molar-refractivity contribution in [1.82, 2.24) is 14.8 Å². The monoisotopic (exact) mass is 494 g/mol. The van der Waals surface area contributed by atoms with Crippen molar-refractivity contribution in [3.05, 3.63) is 82.5 Å². The summed E-state index contributed by atoms with van der Waals surface area (Å²) < 4.78 is 8.35. The number of hydrogen-bond donors (Lipinski definition) is 0. The van der Waals surface area contributed by atoms with Gasteiger partial charge in [0.15, 0.2) is 15.6 Å². The van der Waals surface area contributed by atoms with E-state index in [0.29, 0.717) is 33.7 Å². The second-order valence-electron chi connectivity index (χ2n) is 7.19. The first-order valence-corrected chi connectivity index (χ1v) is 11.7. The number of anilines is 1. The lowest BCUT2D eigenvalue weighted by atomic mass is 10.2. The topological polar surface area (TPSA) is 64.2 Å². The van der Waals surface area contributed by atoms with Crippen LogP contribution in [0.4, 0.5) is 5.69 Å². The average Bonchev–Trinajstić information content (AvgIpc) is 3.51. The second-order valence-corrected chi connectivity index (χ2v) is 8.92. The molecule has 0 unspecified atom stereocenters. The highest BCUT2D eigenvalue weighted by atomic mass is 79.9. The van der Waals surface area contributed by atoms with Gasteiger partial charge in [0.2, 0.25) is 11.7 Å². The number of hydrogen-bond acceptors (Lipinski definition) is 5. The van der Waals surface area contributed by atoms with Crippen molar-refractivity contribution in [3.63, 3.8) is 0 Å². The van der Waals surface area contributed by atoms with E-state index in [1.165, 1.54) is 17.3 Å². The van der Waals surface area contributed by atoms with Gasteiger partial charge in [-0.25, -0.2) is 0 Å². The van der Waals surface area contributed by atoms with E-state index in [-0.39, 0.29) is 5.91 Å². The molecule has 1 aliphatic heterocycles. The standard InChI is InChI=1S/C23H19BrN4O2S/c24-20-11-10-19(30-20)22-25-26-23(28(22)14-16-6-2-1-3-7-16)31-15-21(29)27-13-12-17-8-4-5-9-18(17)27/h1-11H,12-15H2. The number of furan rings is 1. The number of halogens is 1. The fraction of sp³-hybridized carbons (Fsp3) is 0.174. The molecule has 0 spiro atoms. The van der Waals surface area contributed by atoms with Crippen molar-refractivity contribution >= 4 is 39.3 Å². The Bertz CT molecular complexity index is 1220. The summed E-state index contributed by atoms with van der Waals surface area (Å²) in [4.78, 5) is 14.8. The number of fused-ring (bicyclic) bond motifs is 1. The first-order chi connectivity index (χ1) is 15.2. The van der Waals surface area contributed by atoms with Crippen molar-refractivity contribution in [3.8, 4) is 11.6 Å². The summed E-state index contributed by atoms with van der Waals surface area (Å²) in [5, 5.41) is 9.42. The van der Waals surface area contributed by atoms with Crippen molar-refractivity contribution in [1.29, 1.82) is 0 Å². The van der Waals surface area contributed by atoms with Crippen LogP contribution in [0.2, 0.25) is 0 Å². The zero-order valence-electron chi connectivity index (χ0n) is 16.6. The SMILES string of the molecule is O=C(CSc1nnc(-c2ccc(Br)o2)n1Cc1ccccc1)N1CCc2ccccc21. The lowest BCUT2D eigenvalue weighted by Crippen LogP contribution is -2.30. The number of aromatic nitrogens is 3. The Balaban J connectivity index is 1.39. The number of benzene rings is 2. The van der Waals surface area contributed by atoms with E-state index in [1.807, 2.05) is 58.0 Å². The number of carbonyl (C=O) groups excluding carboxylic acids is 1. The predicted octanol–water partition coefficient (Wildman–Crippen LogP) is 5.03. The van der Waals surface area contributed by atoms with E-state index in [2.05, 4.69) is 44.3 Å². The Hall–Kier alpha value is -2.84. The van der Waals surface area contributed by atoms with Crippen molar-refractivity contribution < 1.29 is 9.21 Å². The van der Waals surface area contributed by atoms with E-state index < -0.39 is 0 Å². The van der Waals surface area contributed by atoms with Gasteiger partial charge in [-0.2, -0.15) is 0 Å². The molecule has 31 heavy (non-hydrogen) atoms. The van der Waals surface area contributed by atoms with Crippen molar-refractivity contribution in [2.75, 3.05) is 17.2 Å². The highest BCUT2D eigenvalue weighted by Crippen LogP contribution is 2.31. The lowest BCUT2D eigenvalue weighted by molar-refractivity contribution is -0.116. The third kappa shape index (κ3) is 4.18. The highest BCUT2D eigenvalue weighted by Gasteiger charge is 2.25. The summed E-state index contributed by atoms with van der Waals surface area (Å²) in [6, 6.07) is 21.9. The minimum Gasteiger partial charge on any atom is -0.446 e. The molecular weight excluding hydrogens is 476 g/mol. The van der Waals surface area contributed by atoms with E-state index >= 15 is 0 Å². The molecule has 5 rings (SSSR count). The number of para-hydroxylation sites is 1. The molecule has 0 N–H and O–H groups in total. The van der Waals surface area contributed by atoms with Gasteiger partial charge in [-0.1, -0.05) is 60.3 Å². The molecule has 2 aromatic carbocycles. The zero-order chi connectivity index (χ0) is 21.2. The molecule has 6 nitrogen and oxygen atoms in total. The average molecular weight is 495 g/mol. The maximum absolute atomic E-state index is 13.0. The van der Waals surface area contributed by atoms with Gasteiger partial charge in [-0.05, 0) is 51.7 Å². The van der Waals surface area contributed by atoms with Crippen LogP contribution in [0.15, 0.2) is 81.0 Å². The summed E-state index contributed by atoms with van der Waals surface area (Å²) in [7, 11) is 0. The third-order valence-corrected chi connectivity index (χ3v) is 6.58. The van der Waals surface area contributed by atoms with E-state index in [9.17, 15) is 4.79 Å². The normalized spacial score (nSPS) is 12.9. The van der Waals surface area contributed by atoms with Gasteiger partial charge < -0.3 is 9.32 Å². The van der Waals surface area contributed by atoms with Gasteiger partial charge in [0, 0.05) is 12.2 Å². The van der Waals surface area contributed by atoms with Crippen molar-refractivity contribution in [2.24, 2.45) is 0 Å². The Labute approximate surface area is 192 Å². The smallest absolute Gasteiger partial charge is 0.237 e.